The van der Waals surface area contributed by atoms with Crippen LogP contribution in [-0.2, 0) is 0 Å². The molecule has 2 heteroatoms. The van der Waals surface area contributed by atoms with Crippen LogP contribution in [0.3, 0.4) is 0 Å². The summed E-state index contributed by atoms with van der Waals surface area (Å²) >= 11 is 3.75. The Morgan fingerprint density at radius 3 is 1.20 bits per heavy atom. The molecular weight excluding hydrogens is 400 g/mol. The SMILES string of the molecule is Cc1sc(-c2ccccc2)cc1-c1ccccc1-c1cc(-c2ccccc2)sc1C. The molecule has 3 aromatic carbocycles. The number of thiophene rings is 2. The van der Waals surface area contributed by atoms with Crippen LogP contribution in [0.15, 0.2) is 97.1 Å². The Kier molecular flexibility index (Phi) is 5.12. The second kappa shape index (κ2) is 8.06. The Morgan fingerprint density at radius 2 is 0.800 bits per heavy atom. The fourth-order valence-electron chi connectivity index (χ4n) is 3.94. The van der Waals surface area contributed by atoms with Crippen LogP contribution >= 0.6 is 22.7 Å². The van der Waals surface area contributed by atoms with E-state index in [9.17, 15) is 0 Å². The van der Waals surface area contributed by atoms with Crippen LogP contribution in [0.4, 0.5) is 0 Å². The first-order chi connectivity index (χ1) is 14.7. The summed E-state index contributed by atoms with van der Waals surface area (Å²) in [6, 6.07) is 34.9. The molecule has 5 aromatic rings. The molecule has 0 nitrogen and oxygen atoms in total. The molecule has 0 aliphatic rings. The van der Waals surface area contributed by atoms with E-state index >= 15 is 0 Å². The van der Waals surface area contributed by atoms with Crippen LogP contribution < -0.4 is 0 Å². The number of hydrogen-bond donors (Lipinski definition) is 0. The quantitative estimate of drug-likeness (QED) is 0.271. The average molecular weight is 423 g/mol. The van der Waals surface area contributed by atoms with Crippen molar-refractivity contribution in [2.75, 3.05) is 0 Å². The van der Waals surface area contributed by atoms with Gasteiger partial charge in [-0.1, -0.05) is 84.9 Å². The maximum atomic E-state index is 2.36. The Balaban J connectivity index is 1.62. The summed E-state index contributed by atoms with van der Waals surface area (Å²) in [7, 11) is 0. The topological polar surface area (TPSA) is 0 Å². The van der Waals surface area contributed by atoms with Gasteiger partial charge in [0, 0.05) is 19.5 Å². The zero-order chi connectivity index (χ0) is 20.5. The van der Waals surface area contributed by atoms with E-state index in [4.69, 9.17) is 0 Å². The number of aryl methyl sites for hydroxylation is 2. The minimum absolute atomic E-state index is 1.28. The largest absolute Gasteiger partial charge is 0.140 e. The molecule has 0 saturated heterocycles. The standard InChI is InChI=1S/C28H22S2/c1-19-25(17-27(29-19)21-11-5-3-6-12-21)23-15-9-10-16-24(23)26-18-28(30-20(26)2)22-13-7-4-8-14-22/h3-18H,1-2H3. The molecule has 2 aromatic heterocycles. The molecule has 5 rings (SSSR count). The summed E-state index contributed by atoms with van der Waals surface area (Å²) in [6.45, 7) is 4.47. The molecule has 0 fully saturated rings. The molecule has 146 valence electrons. The van der Waals surface area contributed by atoms with Gasteiger partial charge in [0.1, 0.15) is 0 Å². The molecule has 0 aliphatic carbocycles. The molecule has 0 amide bonds. The zero-order valence-electron chi connectivity index (χ0n) is 17.1. The highest BCUT2D eigenvalue weighted by Crippen LogP contribution is 2.44. The van der Waals surface area contributed by atoms with Crippen LogP contribution in [0.2, 0.25) is 0 Å². The molecule has 0 atom stereocenters. The van der Waals surface area contributed by atoms with E-state index in [0.29, 0.717) is 0 Å². The van der Waals surface area contributed by atoms with Gasteiger partial charge in [-0.2, -0.15) is 0 Å². The molecule has 0 N–H and O–H groups in total. The van der Waals surface area contributed by atoms with E-state index < -0.39 is 0 Å². The Morgan fingerprint density at radius 1 is 0.433 bits per heavy atom. The van der Waals surface area contributed by atoms with Gasteiger partial charge in [-0.15, -0.1) is 22.7 Å². The number of rotatable bonds is 4. The third kappa shape index (κ3) is 3.54. The summed E-state index contributed by atoms with van der Waals surface area (Å²) in [6.07, 6.45) is 0. The number of hydrogen-bond acceptors (Lipinski definition) is 2. The van der Waals surface area contributed by atoms with Gasteiger partial charge >= 0.3 is 0 Å². The van der Waals surface area contributed by atoms with Gasteiger partial charge in [0.05, 0.1) is 0 Å². The van der Waals surface area contributed by atoms with Crippen LogP contribution in [0.1, 0.15) is 9.75 Å². The minimum atomic E-state index is 1.28. The molecule has 2 heterocycles. The van der Waals surface area contributed by atoms with E-state index in [1.165, 1.54) is 52.9 Å². The highest BCUT2D eigenvalue weighted by molar-refractivity contribution is 7.16. The third-order valence-electron chi connectivity index (χ3n) is 5.46. The number of benzene rings is 3. The van der Waals surface area contributed by atoms with Crippen molar-refractivity contribution in [2.45, 2.75) is 13.8 Å². The first kappa shape index (κ1) is 19.0. The third-order valence-corrected chi connectivity index (χ3v) is 7.66. The van der Waals surface area contributed by atoms with Crippen LogP contribution in [-0.4, -0.2) is 0 Å². The van der Waals surface area contributed by atoms with E-state index in [1.807, 2.05) is 22.7 Å². The van der Waals surface area contributed by atoms with Crippen molar-refractivity contribution in [3.05, 3.63) is 107 Å². The van der Waals surface area contributed by atoms with Gasteiger partial charge in [-0.05, 0) is 59.4 Å². The molecule has 0 bridgehead atoms. The van der Waals surface area contributed by atoms with Crippen LogP contribution in [0.5, 0.6) is 0 Å². The minimum Gasteiger partial charge on any atom is -0.140 e. The summed E-state index contributed by atoms with van der Waals surface area (Å²) in [5, 5.41) is 0. The maximum absolute atomic E-state index is 2.36. The lowest BCUT2D eigenvalue weighted by Gasteiger charge is -2.09. The summed E-state index contributed by atoms with van der Waals surface area (Å²) in [5.74, 6) is 0. The highest BCUT2D eigenvalue weighted by atomic mass is 32.1. The van der Waals surface area contributed by atoms with Gasteiger partial charge in [-0.25, -0.2) is 0 Å². The van der Waals surface area contributed by atoms with Crippen molar-refractivity contribution in [3.63, 3.8) is 0 Å². The van der Waals surface area contributed by atoms with Crippen molar-refractivity contribution < 1.29 is 0 Å². The molecule has 0 unspecified atom stereocenters. The molecule has 0 spiro atoms. The fourth-order valence-corrected chi connectivity index (χ4v) is 6.02. The van der Waals surface area contributed by atoms with Crippen molar-refractivity contribution in [1.82, 2.24) is 0 Å². The second-order valence-electron chi connectivity index (χ2n) is 7.44. The molecule has 0 radical (unpaired) electrons. The van der Waals surface area contributed by atoms with Gasteiger partial charge < -0.3 is 0 Å². The zero-order valence-corrected chi connectivity index (χ0v) is 18.7. The monoisotopic (exact) mass is 422 g/mol. The van der Waals surface area contributed by atoms with Crippen molar-refractivity contribution in [3.8, 4) is 43.1 Å². The highest BCUT2D eigenvalue weighted by Gasteiger charge is 2.16. The Bertz CT molecular complexity index is 1190. The molecular formula is C28H22S2. The Labute approximate surface area is 186 Å². The first-order valence-corrected chi connectivity index (χ1v) is 11.8. The predicted octanol–water partition coefficient (Wildman–Crippen LogP) is 9.09. The van der Waals surface area contributed by atoms with Crippen molar-refractivity contribution >= 4 is 22.7 Å². The van der Waals surface area contributed by atoms with Gasteiger partial charge in [0.2, 0.25) is 0 Å². The first-order valence-electron chi connectivity index (χ1n) is 10.1. The van der Waals surface area contributed by atoms with Gasteiger partial charge in [0.15, 0.2) is 0 Å². The molecule has 0 saturated carbocycles. The smallest absolute Gasteiger partial charge is 0.0351 e. The fraction of sp³-hybridized carbons (Fsp3) is 0.0714. The summed E-state index contributed by atoms with van der Waals surface area (Å²) in [4.78, 5) is 5.37. The Hall–Kier alpha value is -2.94. The van der Waals surface area contributed by atoms with E-state index in [1.54, 1.807) is 0 Å². The second-order valence-corrected chi connectivity index (χ2v) is 9.95. The van der Waals surface area contributed by atoms with Gasteiger partial charge in [-0.3, -0.25) is 0 Å². The van der Waals surface area contributed by atoms with Crippen molar-refractivity contribution in [2.24, 2.45) is 0 Å². The lowest BCUT2D eigenvalue weighted by Crippen LogP contribution is -1.84. The molecule has 0 aliphatic heterocycles. The van der Waals surface area contributed by atoms with Gasteiger partial charge in [0.25, 0.3) is 0 Å². The summed E-state index contributed by atoms with van der Waals surface area (Å²) in [5.41, 5.74) is 7.87. The average Bonchev–Trinajstić information content (AvgIpc) is 3.38. The van der Waals surface area contributed by atoms with Crippen LogP contribution in [0, 0.1) is 13.8 Å². The van der Waals surface area contributed by atoms with E-state index in [2.05, 4.69) is 111 Å². The lowest BCUT2D eigenvalue weighted by molar-refractivity contribution is 1.55. The normalized spacial score (nSPS) is 11.0. The maximum Gasteiger partial charge on any atom is 0.0351 e. The van der Waals surface area contributed by atoms with E-state index in [-0.39, 0.29) is 0 Å². The van der Waals surface area contributed by atoms with Crippen molar-refractivity contribution in [1.29, 1.82) is 0 Å². The lowest BCUT2D eigenvalue weighted by atomic mass is 9.94. The van der Waals surface area contributed by atoms with Crippen LogP contribution in [0.25, 0.3) is 43.1 Å². The summed E-state index contributed by atoms with van der Waals surface area (Å²) < 4.78 is 0. The molecule has 30 heavy (non-hydrogen) atoms. The van der Waals surface area contributed by atoms with E-state index in [0.717, 1.165) is 0 Å². The predicted molar refractivity (Wildman–Crippen MR) is 133 cm³/mol.